The van der Waals surface area contributed by atoms with Crippen LogP contribution in [-0.2, 0) is 6.54 Å². The summed E-state index contributed by atoms with van der Waals surface area (Å²) >= 11 is 11.5. The molecule has 2 aromatic heterocycles. The molecule has 2 heterocycles. The summed E-state index contributed by atoms with van der Waals surface area (Å²) in [6, 6.07) is 9.55. The van der Waals surface area contributed by atoms with Gasteiger partial charge in [0.25, 0.3) is 5.56 Å². The van der Waals surface area contributed by atoms with E-state index in [1.54, 1.807) is 6.20 Å². The standard InChI is InChI=1S/C14H9Cl2N3O2/c15-10-6-18-19(14(20)13(10)16)8-12-17-7-11(21-12)9-4-2-1-3-5-9/h1-7H,8H2. The van der Waals surface area contributed by atoms with E-state index in [-0.39, 0.29) is 16.6 Å². The van der Waals surface area contributed by atoms with E-state index in [0.29, 0.717) is 11.7 Å². The van der Waals surface area contributed by atoms with Crippen LogP contribution in [0.2, 0.25) is 10.0 Å². The summed E-state index contributed by atoms with van der Waals surface area (Å²) in [5.41, 5.74) is 0.425. The lowest BCUT2D eigenvalue weighted by atomic mass is 10.2. The van der Waals surface area contributed by atoms with Crippen molar-refractivity contribution >= 4 is 23.2 Å². The van der Waals surface area contributed by atoms with E-state index in [1.165, 1.54) is 6.20 Å². The van der Waals surface area contributed by atoms with Crippen molar-refractivity contribution < 1.29 is 4.42 Å². The highest BCUT2D eigenvalue weighted by molar-refractivity contribution is 6.41. The largest absolute Gasteiger partial charge is 0.439 e. The highest BCUT2D eigenvalue weighted by atomic mass is 35.5. The maximum Gasteiger partial charge on any atom is 0.287 e. The molecule has 0 N–H and O–H groups in total. The summed E-state index contributed by atoms with van der Waals surface area (Å²) in [5.74, 6) is 0.987. The normalized spacial score (nSPS) is 10.8. The van der Waals surface area contributed by atoms with Gasteiger partial charge in [-0.2, -0.15) is 5.10 Å². The van der Waals surface area contributed by atoms with Gasteiger partial charge in [-0.25, -0.2) is 9.67 Å². The zero-order valence-electron chi connectivity index (χ0n) is 10.7. The number of hydrogen-bond acceptors (Lipinski definition) is 4. The molecule has 0 spiro atoms. The second kappa shape index (κ2) is 5.71. The predicted molar refractivity (Wildman–Crippen MR) is 79.6 cm³/mol. The van der Waals surface area contributed by atoms with Gasteiger partial charge in [-0.15, -0.1) is 0 Å². The average Bonchev–Trinajstić information content (AvgIpc) is 2.97. The van der Waals surface area contributed by atoms with Crippen molar-refractivity contribution in [2.45, 2.75) is 6.54 Å². The van der Waals surface area contributed by atoms with Gasteiger partial charge in [0, 0.05) is 5.56 Å². The Morgan fingerprint density at radius 3 is 2.67 bits per heavy atom. The molecule has 3 rings (SSSR count). The van der Waals surface area contributed by atoms with Crippen LogP contribution < -0.4 is 5.56 Å². The molecule has 0 saturated carbocycles. The Balaban J connectivity index is 1.89. The summed E-state index contributed by atoms with van der Waals surface area (Å²) < 4.78 is 6.76. The van der Waals surface area contributed by atoms with E-state index in [9.17, 15) is 4.79 Å². The molecule has 1 aromatic carbocycles. The lowest BCUT2D eigenvalue weighted by molar-refractivity contribution is 0.465. The number of halogens is 2. The molecule has 0 aliphatic rings. The van der Waals surface area contributed by atoms with Gasteiger partial charge in [0.1, 0.15) is 11.6 Å². The van der Waals surface area contributed by atoms with Crippen molar-refractivity contribution in [3.8, 4) is 11.3 Å². The molecule has 0 amide bonds. The molecule has 0 fully saturated rings. The van der Waals surface area contributed by atoms with Crippen molar-refractivity contribution in [3.05, 3.63) is 69.0 Å². The lowest BCUT2D eigenvalue weighted by Gasteiger charge is -2.02. The van der Waals surface area contributed by atoms with Gasteiger partial charge in [-0.05, 0) is 0 Å². The van der Waals surface area contributed by atoms with E-state index in [1.807, 2.05) is 30.3 Å². The average molecular weight is 322 g/mol. The number of rotatable bonds is 3. The lowest BCUT2D eigenvalue weighted by Crippen LogP contribution is -2.23. The third kappa shape index (κ3) is 2.84. The number of aromatic nitrogens is 3. The topological polar surface area (TPSA) is 60.9 Å². The van der Waals surface area contributed by atoms with Crippen LogP contribution in [0.5, 0.6) is 0 Å². The van der Waals surface area contributed by atoms with Crippen LogP contribution in [0, 0.1) is 0 Å². The molecule has 0 bridgehead atoms. The van der Waals surface area contributed by atoms with E-state index in [4.69, 9.17) is 27.6 Å². The van der Waals surface area contributed by atoms with Crippen LogP contribution in [0.25, 0.3) is 11.3 Å². The third-order valence-corrected chi connectivity index (χ3v) is 3.59. The minimum absolute atomic E-state index is 0.0681. The fourth-order valence-corrected chi connectivity index (χ4v) is 2.08. The van der Waals surface area contributed by atoms with Gasteiger partial charge in [0.15, 0.2) is 5.76 Å². The molecule has 0 aliphatic carbocycles. The molecular formula is C14H9Cl2N3O2. The third-order valence-electron chi connectivity index (χ3n) is 2.84. The van der Waals surface area contributed by atoms with Crippen LogP contribution in [0.15, 0.2) is 51.9 Å². The molecule has 106 valence electrons. The Morgan fingerprint density at radius 2 is 1.90 bits per heavy atom. The summed E-state index contributed by atoms with van der Waals surface area (Å²) in [4.78, 5) is 16.0. The van der Waals surface area contributed by atoms with Gasteiger partial charge in [0.2, 0.25) is 5.89 Å². The summed E-state index contributed by atoms with van der Waals surface area (Å²) in [7, 11) is 0. The van der Waals surface area contributed by atoms with Crippen molar-refractivity contribution in [1.29, 1.82) is 0 Å². The van der Waals surface area contributed by atoms with Crippen LogP contribution in [-0.4, -0.2) is 14.8 Å². The Bertz CT molecular complexity index is 828. The number of benzene rings is 1. The Hall–Kier alpha value is -2.11. The first-order valence-electron chi connectivity index (χ1n) is 6.06. The zero-order chi connectivity index (χ0) is 14.8. The second-order valence-corrected chi connectivity index (χ2v) is 5.04. The van der Waals surface area contributed by atoms with E-state index in [2.05, 4.69) is 10.1 Å². The summed E-state index contributed by atoms with van der Waals surface area (Å²) in [6.07, 6.45) is 2.92. The predicted octanol–water partition coefficient (Wildman–Crippen LogP) is 3.25. The Kier molecular flexibility index (Phi) is 3.77. The van der Waals surface area contributed by atoms with E-state index >= 15 is 0 Å². The molecule has 21 heavy (non-hydrogen) atoms. The first-order chi connectivity index (χ1) is 10.1. The summed E-state index contributed by atoms with van der Waals surface area (Å²) in [5, 5.41) is 3.96. The molecular weight excluding hydrogens is 313 g/mol. The van der Waals surface area contributed by atoms with Crippen LogP contribution >= 0.6 is 23.2 Å². The van der Waals surface area contributed by atoms with Crippen molar-refractivity contribution in [2.24, 2.45) is 0 Å². The molecule has 0 radical (unpaired) electrons. The fraction of sp³-hybridized carbons (Fsp3) is 0.0714. The first-order valence-corrected chi connectivity index (χ1v) is 6.82. The van der Waals surface area contributed by atoms with Gasteiger partial charge >= 0.3 is 0 Å². The van der Waals surface area contributed by atoms with Gasteiger partial charge in [-0.3, -0.25) is 4.79 Å². The molecule has 0 unspecified atom stereocenters. The van der Waals surface area contributed by atoms with Crippen LogP contribution in [0.3, 0.4) is 0 Å². The Morgan fingerprint density at radius 1 is 1.14 bits per heavy atom. The molecule has 7 heteroatoms. The first kappa shape index (κ1) is 13.9. The van der Waals surface area contributed by atoms with Crippen LogP contribution in [0.1, 0.15) is 5.89 Å². The van der Waals surface area contributed by atoms with Gasteiger partial charge in [0.05, 0.1) is 17.4 Å². The minimum atomic E-state index is -0.483. The smallest absolute Gasteiger partial charge is 0.287 e. The van der Waals surface area contributed by atoms with Crippen molar-refractivity contribution in [1.82, 2.24) is 14.8 Å². The Labute approximate surface area is 129 Å². The maximum atomic E-state index is 11.9. The number of hydrogen-bond donors (Lipinski definition) is 0. The number of nitrogens with zero attached hydrogens (tertiary/aromatic N) is 3. The van der Waals surface area contributed by atoms with Gasteiger partial charge in [-0.1, -0.05) is 53.5 Å². The van der Waals surface area contributed by atoms with Gasteiger partial charge < -0.3 is 4.42 Å². The highest BCUT2D eigenvalue weighted by Gasteiger charge is 2.11. The van der Waals surface area contributed by atoms with Crippen LogP contribution in [0.4, 0.5) is 0 Å². The minimum Gasteiger partial charge on any atom is -0.439 e. The van der Waals surface area contributed by atoms with Crippen molar-refractivity contribution in [3.63, 3.8) is 0 Å². The number of oxazole rings is 1. The van der Waals surface area contributed by atoms with E-state index < -0.39 is 5.56 Å². The van der Waals surface area contributed by atoms with Crippen molar-refractivity contribution in [2.75, 3.05) is 0 Å². The van der Waals surface area contributed by atoms with E-state index in [0.717, 1.165) is 10.2 Å². The molecule has 0 aliphatic heterocycles. The maximum absolute atomic E-state index is 11.9. The quantitative estimate of drug-likeness (QED) is 0.742. The SMILES string of the molecule is O=c1c(Cl)c(Cl)cnn1Cc1ncc(-c2ccccc2)o1. The molecule has 0 atom stereocenters. The monoisotopic (exact) mass is 321 g/mol. The molecule has 3 aromatic rings. The zero-order valence-corrected chi connectivity index (χ0v) is 12.2. The molecule has 5 nitrogen and oxygen atoms in total. The summed E-state index contributed by atoms with van der Waals surface area (Å²) in [6.45, 7) is 0.0859. The second-order valence-electron chi connectivity index (χ2n) is 4.25. The highest BCUT2D eigenvalue weighted by Crippen LogP contribution is 2.20. The molecule has 0 saturated heterocycles. The fourth-order valence-electron chi connectivity index (χ4n) is 1.80.